The van der Waals surface area contributed by atoms with Gasteiger partial charge in [0.1, 0.15) is 18.4 Å². The lowest BCUT2D eigenvalue weighted by molar-refractivity contribution is -0.153. The number of aromatic amines is 1. The third kappa shape index (κ3) is 7.40. The van der Waals surface area contributed by atoms with E-state index in [0.29, 0.717) is 12.0 Å². The van der Waals surface area contributed by atoms with Crippen molar-refractivity contribution in [2.45, 2.75) is 103 Å². The van der Waals surface area contributed by atoms with E-state index in [2.05, 4.69) is 11.9 Å². The maximum Gasteiger partial charge on any atom is 0.330 e. The molecule has 0 spiro atoms. The third-order valence-corrected chi connectivity index (χ3v) is 5.58. The Morgan fingerprint density at radius 2 is 1.80 bits per heavy atom. The number of ether oxygens (including phenoxy) is 2. The van der Waals surface area contributed by atoms with Crippen LogP contribution >= 0.6 is 0 Å². The molecule has 2 heterocycles. The zero-order valence-electron chi connectivity index (χ0n) is 18.2. The summed E-state index contributed by atoms with van der Waals surface area (Å²) >= 11 is 0. The minimum atomic E-state index is -0.698. The number of unbranched alkanes of at least 4 members (excludes halogenated alkanes) is 8. The minimum Gasteiger partial charge on any atom is -0.459 e. The first-order valence-corrected chi connectivity index (χ1v) is 11.2. The van der Waals surface area contributed by atoms with Crippen molar-refractivity contribution in [3.63, 3.8) is 0 Å². The van der Waals surface area contributed by atoms with Crippen LogP contribution in [0.3, 0.4) is 0 Å². The average molecular weight is 425 g/mol. The van der Waals surface area contributed by atoms with Crippen molar-refractivity contribution in [1.29, 1.82) is 0 Å². The number of hydrogen-bond acceptors (Lipinski definition) is 6. The van der Waals surface area contributed by atoms with Crippen molar-refractivity contribution in [1.82, 2.24) is 9.55 Å². The fraction of sp³-hybridized carbons (Fsp3) is 0.773. The van der Waals surface area contributed by atoms with E-state index in [-0.39, 0.29) is 19.0 Å². The van der Waals surface area contributed by atoms with E-state index in [1.54, 1.807) is 6.92 Å². The van der Waals surface area contributed by atoms with E-state index in [4.69, 9.17) is 9.47 Å². The molecule has 0 saturated carbocycles. The fourth-order valence-corrected chi connectivity index (χ4v) is 3.77. The number of nitrogens with one attached hydrogen (secondary N) is 1. The van der Waals surface area contributed by atoms with Crippen LogP contribution in [-0.4, -0.2) is 39.4 Å². The summed E-state index contributed by atoms with van der Waals surface area (Å²) in [6, 6.07) is 0. The minimum absolute atomic E-state index is 0.250. The monoisotopic (exact) mass is 424 g/mol. The Balaban J connectivity index is 1.74. The summed E-state index contributed by atoms with van der Waals surface area (Å²) in [4.78, 5) is 38.0. The highest BCUT2D eigenvalue weighted by Crippen LogP contribution is 2.30. The van der Waals surface area contributed by atoms with E-state index in [1.165, 1.54) is 49.3 Å². The van der Waals surface area contributed by atoms with Crippen LogP contribution in [-0.2, 0) is 14.3 Å². The van der Waals surface area contributed by atoms with E-state index in [9.17, 15) is 19.5 Å². The molecule has 1 aromatic rings. The number of aliphatic hydroxyl groups is 1. The quantitative estimate of drug-likeness (QED) is 0.372. The molecule has 0 bridgehead atoms. The van der Waals surface area contributed by atoms with E-state index in [1.807, 2.05) is 0 Å². The molecule has 3 atom stereocenters. The molecule has 1 aliphatic heterocycles. The van der Waals surface area contributed by atoms with Crippen LogP contribution in [0.15, 0.2) is 15.8 Å². The molecule has 0 amide bonds. The van der Waals surface area contributed by atoms with Gasteiger partial charge in [-0.3, -0.25) is 19.1 Å². The van der Waals surface area contributed by atoms with Crippen LogP contribution in [0.5, 0.6) is 0 Å². The highest BCUT2D eigenvalue weighted by atomic mass is 16.6. The normalized spacial score (nSPS) is 21.1. The Bertz CT molecular complexity index is 772. The number of H-pyrrole nitrogens is 1. The lowest BCUT2D eigenvalue weighted by Crippen LogP contribution is -2.33. The largest absolute Gasteiger partial charge is 0.459 e. The number of aromatic nitrogens is 2. The van der Waals surface area contributed by atoms with Crippen molar-refractivity contribution in [3.05, 3.63) is 32.6 Å². The van der Waals surface area contributed by atoms with Crippen molar-refractivity contribution >= 4 is 5.97 Å². The summed E-state index contributed by atoms with van der Waals surface area (Å²) in [6.07, 6.45) is 10.5. The second-order valence-corrected chi connectivity index (χ2v) is 8.13. The predicted molar refractivity (Wildman–Crippen MR) is 113 cm³/mol. The second-order valence-electron chi connectivity index (χ2n) is 8.13. The van der Waals surface area contributed by atoms with E-state index in [0.717, 1.165) is 19.3 Å². The highest BCUT2D eigenvalue weighted by Gasteiger charge is 2.38. The van der Waals surface area contributed by atoms with Gasteiger partial charge in [-0.2, -0.15) is 0 Å². The van der Waals surface area contributed by atoms with Gasteiger partial charge in [0.15, 0.2) is 0 Å². The highest BCUT2D eigenvalue weighted by molar-refractivity contribution is 5.69. The van der Waals surface area contributed by atoms with Crippen LogP contribution in [0.4, 0.5) is 0 Å². The van der Waals surface area contributed by atoms with Gasteiger partial charge in [0.05, 0.1) is 6.61 Å². The Labute approximate surface area is 177 Å². The number of rotatable bonds is 13. The third-order valence-electron chi connectivity index (χ3n) is 5.58. The van der Waals surface area contributed by atoms with E-state index >= 15 is 0 Å². The van der Waals surface area contributed by atoms with Gasteiger partial charge in [-0.15, -0.1) is 0 Å². The molecule has 1 saturated heterocycles. The Morgan fingerprint density at radius 3 is 2.43 bits per heavy atom. The van der Waals surface area contributed by atoms with Gasteiger partial charge < -0.3 is 14.6 Å². The summed E-state index contributed by atoms with van der Waals surface area (Å²) in [7, 11) is 0. The van der Waals surface area contributed by atoms with E-state index < -0.39 is 29.7 Å². The molecule has 8 nitrogen and oxygen atoms in total. The van der Waals surface area contributed by atoms with Crippen LogP contribution in [0, 0.1) is 6.92 Å². The smallest absolute Gasteiger partial charge is 0.330 e. The van der Waals surface area contributed by atoms with Crippen LogP contribution < -0.4 is 11.2 Å². The second kappa shape index (κ2) is 12.7. The van der Waals surface area contributed by atoms with Crippen LogP contribution in [0.2, 0.25) is 0 Å². The lowest BCUT2D eigenvalue weighted by atomic mass is 10.1. The molecule has 30 heavy (non-hydrogen) atoms. The van der Waals surface area contributed by atoms with Gasteiger partial charge in [-0.25, -0.2) is 4.79 Å². The maximum atomic E-state index is 12.2. The first kappa shape index (κ1) is 24.3. The van der Waals surface area contributed by atoms with Gasteiger partial charge in [0, 0.05) is 24.6 Å². The standard InChI is InChI=1S/C22H36N2O6/c1-3-4-5-6-7-8-9-10-11-12-20(26)30-17-13-19(29-18(17)15-25)24-14-16(2)21(27)23-22(24)28/h14,17-19,25H,3-13,15H2,1-2H3,(H,23,27,28)/t17?,18-,19-/m1/s1. The molecule has 2 rings (SSSR count). The molecule has 1 unspecified atom stereocenters. The van der Waals surface area contributed by atoms with Gasteiger partial charge in [-0.05, 0) is 13.3 Å². The lowest BCUT2D eigenvalue weighted by Gasteiger charge is -2.16. The summed E-state index contributed by atoms with van der Waals surface area (Å²) < 4.78 is 12.5. The zero-order valence-corrected chi connectivity index (χ0v) is 18.2. The van der Waals surface area contributed by atoms with Gasteiger partial charge in [-0.1, -0.05) is 58.3 Å². The predicted octanol–water partition coefficient (Wildman–Crippen LogP) is 2.96. The molecule has 0 radical (unpaired) electrons. The van der Waals surface area contributed by atoms with Gasteiger partial charge >= 0.3 is 11.7 Å². The number of esters is 1. The van der Waals surface area contributed by atoms with Crippen molar-refractivity contribution in [2.75, 3.05) is 6.61 Å². The van der Waals surface area contributed by atoms with Crippen LogP contribution in [0.25, 0.3) is 0 Å². The summed E-state index contributed by atoms with van der Waals surface area (Å²) in [5.41, 5.74) is -0.657. The summed E-state index contributed by atoms with van der Waals surface area (Å²) in [5, 5.41) is 9.57. The SMILES string of the molecule is CCCCCCCCCCCC(=O)OC1C[C@H](n2cc(C)c(=O)[nH]c2=O)O[C@@H]1CO. The number of hydrogen-bond donors (Lipinski definition) is 2. The summed E-state index contributed by atoms with van der Waals surface area (Å²) in [5.74, 6) is -0.310. The zero-order chi connectivity index (χ0) is 21.9. The molecule has 0 aromatic carbocycles. The van der Waals surface area contributed by atoms with Crippen molar-refractivity contribution in [3.8, 4) is 0 Å². The number of carbonyl (C=O) groups is 1. The molecule has 170 valence electrons. The van der Waals surface area contributed by atoms with Gasteiger partial charge in [0.25, 0.3) is 5.56 Å². The topological polar surface area (TPSA) is 111 Å². The molecule has 1 aromatic heterocycles. The fourth-order valence-electron chi connectivity index (χ4n) is 3.77. The molecule has 1 aliphatic rings. The molecule has 8 heteroatoms. The van der Waals surface area contributed by atoms with Crippen LogP contribution in [0.1, 0.15) is 89.3 Å². The average Bonchev–Trinajstić information content (AvgIpc) is 3.11. The molecule has 1 fully saturated rings. The Kier molecular flexibility index (Phi) is 10.3. The number of aliphatic hydroxyl groups excluding tert-OH is 1. The molecule has 2 N–H and O–H groups in total. The first-order valence-electron chi connectivity index (χ1n) is 11.2. The number of carbonyl (C=O) groups excluding carboxylic acids is 1. The number of aryl methyl sites for hydroxylation is 1. The number of nitrogens with zero attached hydrogens (tertiary/aromatic N) is 1. The maximum absolute atomic E-state index is 12.2. The first-order chi connectivity index (χ1) is 14.5. The Morgan fingerprint density at radius 1 is 1.17 bits per heavy atom. The summed E-state index contributed by atoms with van der Waals surface area (Å²) in [6.45, 7) is 3.49. The Hall–Kier alpha value is -1.93. The van der Waals surface area contributed by atoms with Crippen molar-refractivity contribution < 1.29 is 19.4 Å². The molecular weight excluding hydrogens is 388 g/mol. The van der Waals surface area contributed by atoms with Gasteiger partial charge in [0.2, 0.25) is 0 Å². The molecule has 0 aliphatic carbocycles. The molecular formula is C22H36N2O6. The van der Waals surface area contributed by atoms with Crippen molar-refractivity contribution in [2.24, 2.45) is 0 Å².